The van der Waals surface area contributed by atoms with Crippen molar-refractivity contribution in [2.75, 3.05) is 13.7 Å². The molecule has 2 heterocycles. The molecule has 0 aromatic carbocycles. The second-order valence-corrected chi connectivity index (χ2v) is 5.26. The van der Waals surface area contributed by atoms with Gasteiger partial charge in [-0.1, -0.05) is 18.5 Å². The molecule has 1 aromatic heterocycles. The first-order chi connectivity index (χ1) is 10.0. The van der Waals surface area contributed by atoms with E-state index in [2.05, 4.69) is 5.16 Å². The lowest BCUT2D eigenvalue weighted by Gasteiger charge is -2.34. The third-order valence-corrected chi connectivity index (χ3v) is 3.86. The van der Waals surface area contributed by atoms with Gasteiger partial charge in [0.15, 0.2) is 11.5 Å². The Morgan fingerprint density at radius 3 is 2.95 bits per heavy atom. The first kappa shape index (κ1) is 15.5. The van der Waals surface area contributed by atoms with Crippen molar-refractivity contribution >= 4 is 11.9 Å². The van der Waals surface area contributed by atoms with Crippen LogP contribution in [0.3, 0.4) is 0 Å². The summed E-state index contributed by atoms with van der Waals surface area (Å²) >= 11 is 0. The van der Waals surface area contributed by atoms with Crippen molar-refractivity contribution < 1.29 is 24.0 Å². The molecule has 0 radical (unpaired) electrons. The van der Waals surface area contributed by atoms with Crippen LogP contribution in [-0.4, -0.2) is 46.2 Å². The number of ether oxygens (including phenoxy) is 1. The summed E-state index contributed by atoms with van der Waals surface area (Å²) in [7, 11) is 1.52. The van der Waals surface area contributed by atoms with Gasteiger partial charge in [-0.3, -0.25) is 4.79 Å². The number of amides is 1. The molecule has 1 atom stereocenters. The number of aromatic nitrogens is 1. The van der Waals surface area contributed by atoms with Crippen molar-refractivity contribution in [2.24, 2.45) is 0 Å². The van der Waals surface area contributed by atoms with Gasteiger partial charge in [0.2, 0.25) is 0 Å². The largest absolute Gasteiger partial charge is 0.479 e. The van der Waals surface area contributed by atoms with Crippen molar-refractivity contribution in [1.82, 2.24) is 10.1 Å². The number of carboxylic acid groups (broad SMARTS) is 1. The van der Waals surface area contributed by atoms with E-state index in [9.17, 15) is 14.7 Å². The Morgan fingerprint density at radius 2 is 2.33 bits per heavy atom. The number of hydrogen-bond acceptors (Lipinski definition) is 5. The molecule has 7 nitrogen and oxygen atoms in total. The lowest BCUT2D eigenvalue weighted by Crippen LogP contribution is -2.53. The van der Waals surface area contributed by atoms with Crippen LogP contribution in [0.2, 0.25) is 0 Å². The lowest BCUT2D eigenvalue weighted by atomic mass is 9.90. The zero-order valence-electron chi connectivity index (χ0n) is 12.3. The molecule has 1 fully saturated rings. The van der Waals surface area contributed by atoms with Gasteiger partial charge >= 0.3 is 5.97 Å². The first-order valence-corrected chi connectivity index (χ1v) is 7.05. The number of carbonyl (C=O) groups is 2. The molecule has 1 aliphatic heterocycles. The van der Waals surface area contributed by atoms with Gasteiger partial charge in [-0.15, -0.1) is 0 Å². The van der Waals surface area contributed by atoms with E-state index in [-0.39, 0.29) is 12.3 Å². The molecular weight excluding hydrogens is 276 g/mol. The summed E-state index contributed by atoms with van der Waals surface area (Å²) in [6.07, 6.45) is 2.30. The zero-order valence-corrected chi connectivity index (χ0v) is 12.3. The molecule has 1 unspecified atom stereocenters. The highest BCUT2D eigenvalue weighted by atomic mass is 16.5. The minimum Gasteiger partial charge on any atom is -0.479 e. The SMILES string of the molecule is CCCC1(C(=O)O)CCCN1C(=O)c1cc(COC)on1. The molecule has 1 N–H and O–H groups in total. The van der Waals surface area contributed by atoms with Crippen molar-refractivity contribution in [1.29, 1.82) is 0 Å². The Hall–Kier alpha value is -1.89. The molecule has 7 heteroatoms. The average Bonchev–Trinajstić information content (AvgIpc) is 3.06. The van der Waals surface area contributed by atoms with Crippen LogP contribution in [0.4, 0.5) is 0 Å². The van der Waals surface area contributed by atoms with E-state index >= 15 is 0 Å². The first-order valence-electron chi connectivity index (χ1n) is 7.05. The van der Waals surface area contributed by atoms with Crippen LogP contribution in [0.25, 0.3) is 0 Å². The summed E-state index contributed by atoms with van der Waals surface area (Å²) in [5.74, 6) is -0.901. The van der Waals surface area contributed by atoms with E-state index in [1.165, 1.54) is 18.1 Å². The molecule has 0 bridgehead atoms. The van der Waals surface area contributed by atoms with Crippen LogP contribution in [0.1, 0.15) is 48.9 Å². The number of likely N-dealkylation sites (tertiary alicyclic amines) is 1. The van der Waals surface area contributed by atoms with Crippen LogP contribution in [0, 0.1) is 0 Å². The molecule has 1 aromatic rings. The Balaban J connectivity index is 2.25. The van der Waals surface area contributed by atoms with Gasteiger partial charge in [-0.05, 0) is 19.3 Å². The third-order valence-electron chi connectivity index (χ3n) is 3.86. The second kappa shape index (κ2) is 6.26. The number of methoxy groups -OCH3 is 1. The maximum Gasteiger partial charge on any atom is 0.329 e. The Kier molecular flexibility index (Phi) is 4.62. The van der Waals surface area contributed by atoms with E-state index in [4.69, 9.17) is 9.26 Å². The van der Waals surface area contributed by atoms with Crippen LogP contribution in [-0.2, 0) is 16.1 Å². The molecule has 21 heavy (non-hydrogen) atoms. The summed E-state index contributed by atoms with van der Waals surface area (Å²) < 4.78 is 9.92. The minimum absolute atomic E-state index is 0.130. The van der Waals surface area contributed by atoms with Gasteiger partial charge in [0.25, 0.3) is 5.91 Å². The van der Waals surface area contributed by atoms with Crippen molar-refractivity contribution in [3.05, 3.63) is 17.5 Å². The molecule has 1 saturated heterocycles. The van der Waals surface area contributed by atoms with Gasteiger partial charge in [0.1, 0.15) is 12.1 Å². The van der Waals surface area contributed by atoms with Crippen molar-refractivity contribution in [3.63, 3.8) is 0 Å². The molecule has 0 spiro atoms. The molecular formula is C14H20N2O5. The van der Waals surface area contributed by atoms with E-state index in [0.717, 1.165) is 0 Å². The zero-order chi connectivity index (χ0) is 15.5. The molecule has 0 aliphatic carbocycles. The average molecular weight is 296 g/mol. The molecule has 1 amide bonds. The van der Waals surface area contributed by atoms with Crippen LogP contribution >= 0.6 is 0 Å². The summed E-state index contributed by atoms with van der Waals surface area (Å²) in [5.41, 5.74) is -0.989. The highest BCUT2D eigenvalue weighted by Gasteiger charge is 2.49. The summed E-state index contributed by atoms with van der Waals surface area (Å²) in [6.45, 7) is 2.56. The Morgan fingerprint density at radius 1 is 1.57 bits per heavy atom. The van der Waals surface area contributed by atoms with E-state index < -0.39 is 17.4 Å². The number of rotatable bonds is 6. The monoisotopic (exact) mass is 296 g/mol. The molecule has 1 aliphatic rings. The third kappa shape index (κ3) is 2.78. The standard InChI is InChI=1S/C14H20N2O5/c1-3-5-14(13(18)19)6-4-7-16(14)12(17)11-8-10(9-20-2)21-15-11/h8H,3-7,9H2,1-2H3,(H,18,19). The fraction of sp³-hybridized carbons (Fsp3) is 0.643. The van der Waals surface area contributed by atoms with Crippen molar-refractivity contribution in [2.45, 2.75) is 44.8 Å². The van der Waals surface area contributed by atoms with Crippen LogP contribution < -0.4 is 0 Å². The fourth-order valence-electron chi connectivity index (χ4n) is 2.94. The topological polar surface area (TPSA) is 92.9 Å². The van der Waals surface area contributed by atoms with Gasteiger partial charge in [0.05, 0.1) is 0 Å². The van der Waals surface area contributed by atoms with E-state index in [1.807, 2.05) is 6.92 Å². The maximum atomic E-state index is 12.6. The quantitative estimate of drug-likeness (QED) is 0.858. The number of aliphatic carboxylic acids is 1. The highest BCUT2D eigenvalue weighted by Crippen LogP contribution is 2.35. The summed E-state index contributed by atoms with van der Waals surface area (Å²) in [4.78, 5) is 25.7. The number of nitrogens with zero attached hydrogens (tertiary/aromatic N) is 2. The van der Waals surface area contributed by atoms with Crippen LogP contribution in [0.5, 0.6) is 0 Å². The molecule has 2 rings (SSSR count). The van der Waals surface area contributed by atoms with Gasteiger partial charge in [-0.25, -0.2) is 4.79 Å². The smallest absolute Gasteiger partial charge is 0.329 e. The second-order valence-electron chi connectivity index (χ2n) is 5.26. The number of carboxylic acids is 1. The Labute approximate surface area is 122 Å². The predicted molar refractivity (Wildman–Crippen MR) is 72.8 cm³/mol. The van der Waals surface area contributed by atoms with Gasteiger partial charge in [0, 0.05) is 19.7 Å². The van der Waals surface area contributed by atoms with Crippen molar-refractivity contribution in [3.8, 4) is 0 Å². The minimum atomic E-state index is -1.12. The number of carbonyl (C=O) groups excluding carboxylic acids is 1. The van der Waals surface area contributed by atoms with Gasteiger partial charge in [-0.2, -0.15) is 0 Å². The normalized spacial score (nSPS) is 21.7. The summed E-state index contributed by atoms with van der Waals surface area (Å²) in [6, 6.07) is 1.50. The van der Waals surface area contributed by atoms with Gasteiger partial charge < -0.3 is 19.3 Å². The summed E-state index contributed by atoms with van der Waals surface area (Å²) in [5, 5.41) is 13.3. The van der Waals surface area contributed by atoms with Crippen LogP contribution in [0.15, 0.2) is 10.6 Å². The molecule has 0 saturated carbocycles. The maximum absolute atomic E-state index is 12.6. The lowest BCUT2D eigenvalue weighted by molar-refractivity contribution is -0.148. The van der Waals surface area contributed by atoms with E-state index in [1.54, 1.807) is 0 Å². The Bertz CT molecular complexity index is 527. The fourth-order valence-corrected chi connectivity index (χ4v) is 2.94. The predicted octanol–water partition coefficient (Wildman–Crippen LogP) is 1.68. The molecule has 116 valence electrons. The van der Waals surface area contributed by atoms with E-state index in [0.29, 0.717) is 38.0 Å². The number of hydrogen-bond donors (Lipinski definition) is 1. The highest BCUT2D eigenvalue weighted by molar-refractivity contribution is 5.96.